The van der Waals surface area contributed by atoms with Crippen LogP contribution in [0.2, 0.25) is 0 Å². The first-order chi connectivity index (χ1) is 4.84. The van der Waals surface area contributed by atoms with Gasteiger partial charge in [-0.15, -0.1) is 0 Å². The van der Waals surface area contributed by atoms with E-state index in [1.54, 1.807) is 0 Å². The highest BCUT2D eigenvalue weighted by Crippen LogP contribution is 2.06. The minimum absolute atomic E-state index is 1.17. The molecule has 1 heteroatoms. The van der Waals surface area contributed by atoms with E-state index in [9.17, 15) is 0 Å². The first-order valence-electron chi connectivity index (χ1n) is 3.74. The predicted molar refractivity (Wildman–Crippen MR) is 43.0 cm³/mol. The third-order valence-electron chi connectivity index (χ3n) is 1.66. The molecule has 1 nitrogen and oxygen atoms in total. The number of rotatable bonds is 2. The van der Waals surface area contributed by atoms with Crippen LogP contribution in [0.4, 0.5) is 0 Å². The summed E-state index contributed by atoms with van der Waals surface area (Å²) in [5, 5.41) is 0. The molecule has 0 radical (unpaired) electrons. The maximum Gasteiger partial charge on any atom is 0.0299 e. The second-order valence-electron chi connectivity index (χ2n) is 2.55. The van der Waals surface area contributed by atoms with Crippen molar-refractivity contribution < 1.29 is 0 Å². The molecule has 0 amide bonds. The van der Waals surface area contributed by atoms with Crippen molar-refractivity contribution in [3.8, 4) is 0 Å². The Morgan fingerprint density at radius 2 is 2.30 bits per heavy atom. The van der Waals surface area contributed by atoms with Crippen LogP contribution in [0.5, 0.6) is 0 Å². The first kappa shape index (κ1) is 7.26. The summed E-state index contributed by atoms with van der Waals surface area (Å²) in [5.41, 5.74) is 2.74. The minimum Gasteiger partial charge on any atom is -0.264 e. The fourth-order valence-electron chi connectivity index (χ4n) is 1.05. The van der Waals surface area contributed by atoms with Crippen LogP contribution in [0.25, 0.3) is 0 Å². The lowest BCUT2D eigenvalue weighted by Gasteiger charge is -2.00. The van der Waals surface area contributed by atoms with Crippen molar-refractivity contribution in [3.63, 3.8) is 0 Å². The molecule has 1 aromatic rings. The molecule has 1 rings (SSSR count). The molecule has 0 aliphatic heterocycles. The zero-order valence-electron chi connectivity index (χ0n) is 6.59. The summed E-state index contributed by atoms with van der Waals surface area (Å²) in [6, 6.07) is 2.10. The van der Waals surface area contributed by atoms with Crippen LogP contribution in [0, 0.1) is 6.92 Å². The summed E-state index contributed by atoms with van der Waals surface area (Å²) >= 11 is 0. The van der Waals surface area contributed by atoms with E-state index in [4.69, 9.17) is 0 Å². The lowest BCUT2D eigenvalue weighted by Crippen LogP contribution is -1.88. The zero-order chi connectivity index (χ0) is 7.40. The maximum absolute atomic E-state index is 4.03. The molecule has 0 N–H and O–H groups in total. The van der Waals surface area contributed by atoms with E-state index in [1.165, 1.54) is 24.0 Å². The van der Waals surface area contributed by atoms with Gasteiger partial charge in [0.05, 0.1) is 0 Å². The van der Waals surface area contributed by atoms with Gasteiger partial charge in [0.1, 0.15) is 0 Å². The minimum atomic E-state index is 1.17. The highest BCUT2D eigenvalue weighted by atomic mass is 14.6. The van der Waals surface area contributed by atoms with Crippen LogP contribution in [0.15, 0.2) is 18.5 Å². The third-order valence-corrected chi connectivity index (χ3v) is 1.66. The van der Waals surface area contributed by atoms with E-state index in [-0.39, 0.29) is 0 Å². The second kappa shape index (κ2) is 3.35. The Hall–Kier alpha value is -0.850. The molecule has 10 heavy (non-hydrogen) atoms. The third kappa shape index (κ3) is 1.56. The highest BCUT2D eigenvalue weighted by Gasteiger charge is 1.93. The van der Waals surface area contributed by atoms with Gasteiger partial charge in [-0.1, -0.05) is 13.3 Å². The number of aromatic nitrogens is 1. The standard InChI is InChI=1S/C9H13N/c1-3-4-9-5-6-10-7-8(9)2/h5-7H,3-4H2,1-2H3. The molecule has 0 spiro atoms. The number of hydrogen-bond acceptors (Lipinski definition) is 1. The van der Waals surface area contributed by atoms with Gasteiger partial charge in [-0.2, -0.15) is 0 Å². The predicted octanol–water partition coefficient (Wildman–Crippen LogP) is 2.34. The average Bonchev–Trinajstić information content (AvgIpc) is 1.94. The van der Waals surface area contributed by atoms with Crippen LogP contribution >= 0.6 is 0 Å². The molecule has 54 valence electrons. The summed E-state index contributed by atoms with van der Waals surface area (Å²) in [7, 11) is 0. The van der Waals surface area contributed by atoms with Crippen LogP contribution in [0.1, 0.15) is 24.5 Å². The van der Waals surface area contributed by atoms with E-state index in [1.807, 2.05) is 12.4 Å². The molecular formula is C9H13N. The molecule has 0 saturated heterocycles. The van der Waals surface area contributed by atoms with Crippen LogP contribution in [-0.2, 0) is 6.42 Å². The largest absolute Gasteiger partial charge is 0.264 e. The number of pyridine rings is 1. The summed E-state index contributed by atoms with van der Waals surface area (Å²) in [5.74, 6) is 0. The van der Waals surface area contributed by atoms with Crippen molar-refractivity contribution in [2.45, 2.75) is 26.7 Å². The molecule has 0 aliphatic carbocycles. The highest BCUT2D eigenvalue weighted by molar-refractivity contribution is 5.21. The molecule has 0 aromatic carbocycles. The zero-order valence-corrected chi connectivity index (χ0v) is 6.59. The topological polar surface area (TPSA) is 12.9 Å². The summed E-state index contributed by atoms with van der Waals surface area (Å²) in [4.78, 5) is 4.03. The second-order valence-corrected chi connectivity index (χ2v) is 2.55. The molecule has 0 aliphatic rings. The van der Waals surface area contributed by atoms with Gasteiger partial charge >= 0.3 is 0 Å². The van der Waals surface area contributed by atoms with Gasteiger partial charge in [-0.05, 0) is 30.5 Å². The monoisotopic (exact) mass is 135 g/mol. The average molecular weight is 135 g/mol. The summed E-state index contributed by atoms with van der Waals surface area (Å²) < 4.78 is 0. The van der Waals surface area contributed by atoms with E-state index >= 15 is 0 Å². The summed E-state index contributed by atoms with van der Waals surface area (Å²) in [6.07, 6.45) is 6.17. The normalized spacial score (nSPS) is 9.80. The van der Waals surface area contributed by atoms with Crippen LogP contribution in [0.3, 0.4) is 0 Å². The van der Waals surface area contributed by atoms with Gasteiger partial charge in [0.15, 0.2) is 0 Å². The molecule has 0 unspecified atom stereocenters. The van der Waals surface area contributed by atoms with Crippen LogP contribution in [-0.4, -0.2) is 4.98 Å². The smallest absolute Gasteiger partial charge is 0.0299 e. The Labute approximate surface area is 62.1 Å². The first-order valence-corrected chi connectivity index (χ1v) is 3.74. The Kier molecular flexibility index (Phi) is 2.43. The van der Waals surface area contributed by atoms with Gasteiger partial charge in [-0.25, -0.2) is 0 Å². The van der Waals surface area contributed by atoms with Crippen LogP contribution < -0.4 is 0 Å². The Balaban J connectivity index is 2.81. The van der Waals surface area contributed by atoms with E-state index in [0.29, 0.717) is 0 Å². The Bertz CT molecular complexity index is 206. The Morgan fingerprint density at radius 1 is 1.50 bits per heavy atom. The lowest BCUT2D eigenvalue weighted by molar-refractivity contribution is 0.908. The van der Waals surface area contributed by atoms with Crippen molar-refractivity contribution in [1.29, 1.82) is 0 Å². The lowest BCUT2D eigenvalue weighted by atomic mass is 10.1. The van der Waals surface area contributed by atoms with Crippen molar-refractivity contribution in [2.75, 3.05) is 0 Å². The van der Waals surface area contributed by atoms with Crippen molar-refractivity contribution in [3.05, 3.63) is 29.6 Å². The van der Waals surface area contributed by atoms with Crippen molar-refractivity contribution in [1.82, 2.24) is 4.98 Å². The van der Waals surface area contributed by atoms with E-state index in [2.05, 4.69) is 24.9 Å². The van der Waals surface area contributed by atoms with Gasteiger partial charge < -0.3 is 0 Å². The Morgan fingerprint density at radius 3 is 2.90 bits per heavy atom. The van der Waals surface area contributed by atoms with E-state index in [0.717, 1.165) is 0 Å². The fourth-order valence-corrected chi connectivity index (χ4v) is 1.05. The molecule has 0 fully saturated rings. The van der Waals surface area contributed by atoms with Gasteiger partial charge in [0.2, 0.25) is 0 Å². The van der Waals surface area contributed by atoms with Crippen molar-refractivity contribution >= 4 is 0 Å². The molecule has 0 bridgehead atoms. The molecule has 0 saturated carbocycles. The summed E-state index contributed by atoms with van der Waals surface area (Å²) in [6.45, 7) is 4.30. The maximum atomic E-state index is 4.03. The van der Waals surface area contributed by atoms with E-state index < -0.39 is 0 Å². The van der Waals surface area contributed by atoms with Crippen molar-refractivity contribution in [2.24, 2.45) is 0 Å². The van der Waals surface area contributed by atoms with Gasteiger partial charge in [0.25, 0.3) is 0 Å². The fraction of sp³-hybridized carbons (Fsp3) is 0.444. The SMILES string of the molecule is CCCc1ccncc1C. The number of hydrogen-bond donors (Lipinski definition) is 0. The van der Waals surface area contributed by atoms with Gasteiger partial charge in [-0.3, -0.25) is 4.98 Å². The number of nitrogens with zero attached hydrogens (tertiary/aromatic N) is 1. The molecule has 1 heterocycles. The molecule has 0 atom stereocenters. The van der Waals surface area contributed by atoms with Gasteiger partial charge in [0, 0.05) is 12.4 Å². The molecular weight excluding hydrogens is 122 g/mol. The quantitative estimate of drug-likeness (QED) is 0.606. The number of aryl methyl sites for hydroxylation is 2. The molecule has 1 aromatic heterocycles.